The van der Waals surface area contributed by atoms with Gasteiger partial charge in [0.15, 0.2) is 11.5 Å². The summed E-state index contributed by atoms with van der Waals surface area (Å²) >= 11 is 4.19. The molecule has 1 fully saturated rings. The Balaban J connectivity index is 1.51. The molecule has 1 heterocycles. The molecule has 2 amide bonds. The molecule has 182 valence electrons. The van der Waals surface area contributed by atoms with E-state index in [9.17, 15) is 24.5 Å². The third-order valence-electron chi connectivity index (χ3n) is 5.11. The largest absolute Gasteiger partial charge is 0.493 e. The third-order valence-corrected chi connectivity index (χ3v) is 6.54. The van der Waals surface area contributed by atoms with E-state index in [1.165, 1.54) is 36.3 Å². The fraction of sp³-hybridized carbons (Fsp3) is 0.0800. The number of benzene rings is 3. The highest BCUT2D eigenvalue weighted by Gasteiger charge is 2.35. The lowest BCUT2D eigenvalue weighted by Gasteiger charge is -2.12. The fourth-order valence-corrected chi connectivity index (χ4v) is 4.43. The van der Waals surface area contributed by atoms with E-state index in [1.807, 2.05) is 24.3 Å². The third kappa shape index (κ3) is 5.64. The molecule has 36 heavy (non-hydrogen) atoms. The molecule has 0 atom stereocenters. The van der Waals surface area contributed by atoms with Crippen LogP contribution in [0.25, 0.3) is 6.08 Å². The van der Waals surface area contributed by atoms with Gasteiger partial charge in [-0.15, -0.1) is 0 Å². The molecule has 0 N–H and O–H groups in total. The average Bonchev–Trinajstić information content (AvgIpc) is 3.13. The van der Waals surface area contributed by atoms with E-state index in [2.05, 4.69) is 15.9 Å². The number of methoxy groups -OCH3 is 1. The van der Waals surface area contributed by atoms with E-state index in [4.69, 9.17) is 9.47 Å². The predicted molar refractivity (Wildman–Crippen MR) is 137 cm³/mol. The molecule has 0 saturated carbocycles. The van der Waals surface area contributed by atoms with Gasteiger partial charge >= 0.3 is 5.97 Å². The molecule has 11 heteroatoms. The number of non-ortho nitro benzene ring substituents is 1. The molecular formula is C25H17BrN2O7S. The zero-order valence-corrected chi connectivity index (χ0v) is 21.1. The first-order chi connectivity index (χ1) is 17.2. The predicted octanol–water partition coefficient (Wildman–Crippen LogP) is 5.82. The number of nitro groups is 1. The van der Waals surface area contributed by atoms with Crippen molar-refractivity contribution in [1.29, 1.82) is 0 Å². The lowest BCUT2D eigenvalue weighted by molar-refractivity contribution is -0.384. The van der Waals surface area contributed by atoms with Crippen molar-refractivity contribution in [2.24, 2.45) is 0 Å². The summed E-state index contributed by atoms with van der Waals surface area (Å²) in [5, 5.41) is 10.6. The summed E-state index contributed by atoms with van der Waals surface area (Å²) in [6.45, 7) is 0.158. The molecule has 1 aliphatic rings. The molecular weight excluding hydrogens is 552 g/mol. The van der Waals surface area contributed by atoms with Crippen molar-refractivity contribution in [2.75, 3.05) is 7.11 Å². The Hall–Kier alpha value is -3.96. The number of halogens is 1. The first kappa shape index (κ1) is 25.1. The lowest BCUT2D eigenvalue weighted by atomic mass is 10.1. The van der Waals surface area contributed by atoms with Crippen molar-refractivity contribution in [3.63, 3.8) is 0 Å². The summed E-state index contributed by atoms with van der Waals surface area (Å²) in [5.74, 6) is -0.905. The van der Waals surface area contributed by atoms with Crippen LogP contribution in [-0.2, 0) is 11.3 Å². The molecule has 1 aliphatic heterocycles. The Morgan fingerprint density at radius 1 is 1.08 bits per heavy atom. The van der Waals surface area contributed by atoms with Gasteiger partial charge < -0.3 is 9.47 Å². The van der Waals surface area contributed by atoms with Gasteiger partial charge in [-0.2, -0.15) is 0 Å². The van der Waals surface area contributed by atoms with Crippen LogP contribution in [0, 0.1) is 10.1 Å². The van der Waals surface area contributed by atoms with Crippen LogP contribution in [0.5, 0.6) is 11.5 Å². The van der Waals surface area contributed by atoms with Crippen molar-refractivity contribution < 1.29 is 28.8 Å². The summed E-state index contributed by atoms with van der Waals surface area (Å²) in [6.07, 6.45) is 1.56. The molecule has 1 saturated heterocycles. The van der Waals surface area contributed by atoms with Crippen LogP contribution in [0.2, 0.25) is 0 Å². The molecule has 3 aromatic rings. The van der Waals surface area contributed by atoms with E-state index in [0.29, 0.717) is 5.56 Å². The van der Waals surface area contributed by atoms with Crippen LogP contribution >= 0.6 is 27.7 Å². The van der Waals surface area contributed by atoms with Crippen molar-refractivity contribution in [2.45, 2.75) is 6.54 Å². The fourth-order valence-electron chi connectivity index (χ4n) is 3.32. The number of hydrogen-bond acceptors (Lipinski definition) is 8. The Kier molecular flexibility index (Phi) is 7.51. The highest BCUT2D eigenvalue weighted by Crippen LogP contribution is 2.35. The summed E-state index contributed by atoms with van der Waals surface area (Å²) < 4.78 is 11.6. The Labute approximate surface area is 218 Å². The molecule has 0 bridgehead atoms. The average molecular weight is 569 g/mol. The zero-order chi connectivity index (χ0) is 25.8. The topological polar surface area (TPSA) is 116 Å². The van der Waals surface area contributed by atoms with E-state index in [0.717, 1.165) is 27.9 Å². The van der Waals surface area contributed by atoms with Gasteiger partial charge in [0, 0.05) is 16.6 Å². The Bertz CT molecular complexity index is 1410. The lowest BCUT2D eigenvalue weighted by Crippen LogP contribution is -2.27. The first-order valence-corrected chi connectivity index (χ1v) is 12.0. The van der Waals surface area contributed by atoms with Crippen LogP contribution < -0.4 is 9.47 Å². The minimum absolute atomic E-state index is 0.00905. The maximum atomic E-state index is 12.8. The van der Waals surface area contributed by atoms with E-state index < -0.39 is 16.8 Å². The maximum Gasteiger partial charge on any atom is 0.343 e. The maximum absolute atomic E-state index is 12.8. The normalized spacial score (nSPS) is 14.3. The van der Waals surface area contributed by atoms with Crippen molar-refractivity contribution in [3.8, 4) is 11.5 Å². The van der Waals surface area contributed by atoms with Crippen molar-refractivity contribution in [3.05, 3.63) is 103 Å². The monoisotopic (exact) mass is 568 g/mol. The molecule has 3 aromatic carbocycles. The van der Waals surface area contributed by atoms with Gasteiger partial charge in [0.25, 0.3) is 16.8 Å². The Morgan fingerprint density at radius 2 is 1.83 bits per heavy atom. The number of imide groups is 1. The Morgan fingerprint density at radius 3 is 2.53 bits per heavy atom. The van der Waals surface area contributed by atoms with Gasteiger partial charge in [-0.3, -0.25) is 24.6 Å². The second-order valence-corrected chi connectivity index (χ2v) is 9.41. The minimum Gasteiger partial charge on any atom is -0.493 e. The number of carbonyl (C=O) groups excluding carboxylic acids is 3. The van der Waals surface area contributed by atoms with Crippen LogP contribution in [0.1, 0.15) is 21.5 Å². The standard InChI is InChI=1S/C25H17BrN2O7S/c1-34-21-11-16(7-10-20(21)35-24(30)17-3-2-4-19(13-17)28(32)33)12-22-23(29)27(25(31)36-22)14-15-5-8-18(26)9-6-15/h2-13H,14H2,1H3/b22-12-. The number of amides is 2. The second kappa shape index (κ2) is 10.8. The summed E-state index contributed by atoms with van der Waals surface area (Å²) in [5.41, 5.74) is 1.14. The van der Waals surface area contributed by atoms with Gasteiger partial charge in [-0.05, 0) is 59.3 Å². The van der Waals surface area contributed by atoms with Crippen LogP contribution in [0.15, 0.2) is 76.1 Å². The van der Waals surface area contributed by atoms with Gasteiger partial charge in [0.2, 0.25) is 0 Å². The van der Waals surface area contributed by atoms with Crippen LogP contribution in [-0.4, -0.2) is 34.0 Å². The molecule has 0 spiro atoms. The van der Waals surface area contributed by atoms with Gasteiger partial charge in [0.1, 0.15) is 0 Å². The molecule has 0 unspecified atom stereocenters. The number of carbonyl (C=O) groups is 3. The van der Waals surface area contributed by atoms with E-state index in [-0.39, 0.29) is 39.4 Å². The number of hydrogen-bond donors (Lipinski definition) is 0. The molecule has 0 aliphatic carbocycles. The molecule has 0 radical (unpaired) electrons. The van der Waals surface area contributed by atoms with E-state index >= 15 is 0 Å². The molecule has 4 rings (SSSR count). The number of nitro benzene ring substituents is 1. The second-order valence-electron chi connectivity index (χ2n) is 7.50. The van der Waals surface area contributed by atoms with Crippen molar-refractivity contribution in [1.82, 2.24) is 4.90 Å². The minimum atomic E-state index is -0.793. The van der Waals surface area contributed by atoms with E-state index in [1.54, 1.807) is 18.2 Å². The highest BCUT2D eigenvalue weighted by atomic mass is 79.9. The number of ether oxygens (including phenoxy) is 2. The molecule has 0 aromatic heterocycles. The highest BCUT2D eigenvalue weighted by molar-refractivity contribution is 9.10. The van der Waals surface area contributed by atoms with Crippen LogP contribution in [0.3, 0.4) is 0 Å². The van der Waals surface area contributed by atoms with Crippen molar-refractivity contribution >= 4 is 56.6 Å². The smallest absolute Gasteiger partial charge is 0.343 e. The number of rotatable bonds is 7. The van der Waals surface area contributed by atoms with Gasteiger partial charge in [-0.25, -0.2) is 4.79 Å². The number of esters is 1. The SMILES string of the molecule is COc1cc(/C=C2\SC(=O)N(Cc3ccc(Br)cc3)C2=O)ccc1OC(=O)c1cccc([N+](=O)[O-])c1. The zero-order valence-electron chi connectivity index (χ0n) is 18.7. The number of nitrogens with zero attached hydrogens (tertiary/aromatic N) is 2. The summed E-state index contributed by atoms with van der Waals surface area (Å²) in [4.78, 5) is 49.6. The quantitative estimate of drug-likeness (QED) is 0.115. The summed E-state index contributed by atoms with van der Waals surface area (Å²) in [7, 11) is 1.38. The van der Waals surface area contributed by atoms with Gasteiger partial charge in [0.05, 0.1) is 29.0 Å². The van der Waals surface area contributed by atoms with Gasteiger partial charge in [-0.1, -0.05) is 40.2 Å². The number of thioether (sulfide) groups is 1. The van der Waals surface area contributed by atoms with Crippen LogP contribution in [0.4, 0.5) is 10.5 Å². The summed E-state index contributed by atoms with van der Waals surface area (Å²) in [6, 6.07) is 17.1. The molecule has 9 nitrogen and oxygen atoms in total. The first-order valence-electron chi connectivity index (χ1n) is 10.4.